The minimum absolute atomic E-state index is 0.0793. The van der Waals surface area contributed by atoms with E-state index in [2.05, 4.69) is 51.3 Å². The molecular formula is C13H17BrN2O. The maximum Gasteiger partial charge on any atom is 0.233 e. The molecule has 92 valence electrons. The molecule has 0 saturated heterocycles. The molecule has 1 heterocycles. The van der Waals surface area contributed by atoms with Crippen LogP contribution in [-0.2, 0) is 11.3 Å². The van der Waals surface area contributed by atoms with Gasteiger partial charge < -0.3 is 5.32 Å². The maximum atomic E-state index is 11.4. The predicted octanol–water partition coefficient (Wildman–Crippen LogP) is 2.11. The van der Waals surface area contributed by atoms with Crippen molar-refractivity contribution in [2.24, 2.45) is 0 Å². The van der Waals surface area contributed by atoms with E-state index in [1.165, 1.54) is 15.6 Å². The smallest absolute Gasteiger partial charge is 0.233 e. The van der Waals surface area contributed by atoms with Gasteiger partial charge >= 0.3 is 0 Å². The van der Waals surface area contributed by atoms with E-state index in [0.717, 1.165) is 13.1 Å². The first-order valence-electron chi connectivity index (χ1n) is 5.82. The van der Waals surface area contributed by atoms with Gasteiger partial charge in [-0.2, -0.15) is 0 Å². The summed E-state index contributed by atoms with van der Waals surface area (Å²) in [6, 6.07) is 6.29. The number of rotatable bonds is 2. The molecule has 1 amide bonds. The lowest BCUT2D eigenvalue weighted by Crippen LogP contribution is -2.39. The number of hydrogen-bond acceptors (Lipinski definition) is 2. The number of likely N-dealkylation sites (N-methyl/N-ethyl adjacent to an activating group) is 1. The number of halogens is 1. The molecule has 4 heteroatoms. The van der Waals surface area contributed by atoms with Crippen molar-refractivity contribution >= 4 is 21.8 Å². The lowest BCUT2D eigenvalue weighted by molar-refractivity contribution is -0.122. The lowest BCUT2D eigenvalue weighted by Gasteiger charge is -2.33. The fourth-order valence-electron chi connectivity index (χ4n) is 2.46. The zero-order valence-corrected chi connectivity index (χ0v) is 11.8. The molecule has 0 aliphatic carbocycles. The van der Waals surface area contributed by atoms with E-state index in [-0.39, 0.29) is 5.91 Å². The summed E-state index contributed by atoms with van der Waals surface area (Å²) in [4.78, 5) is 13.6. The lowest BCUT2D eigenvalue weighted by atomic mass is 9.91. The number of carbonyl (C=O) groups excluding carboxylic acids is 1. The van der Waals surface area contributed by atoms with Crippen LogP contribution in [0.4, 0.5) is 0 Å². The quantitative estimate of drug-likeness (QED) is 0.907. The Hall–Kier alpha value is -0.870. The molecule has 0 aromatic heterocycles. The van der Waals surface area contributed by atoms with Crippen LogP contribution in [0.3, 0.4) is 0 Å². The number of benzene rings is 1. The fourth-order valence-corrected chi connectivity index (χ4v) is 3.26. The maximum absolute atomic E-state index is 11.4. The summed E-state index contributed by atoms with van der Waals surface area (Å²) in [6.45, 7) is 4.47. The standard InChI is InChI=1S/C13H17BrN2O/c1-9-6-16(8-12(17)15-2)7-10-4-3-5-11(14)13(9)10/h3-5,9H,6-8H2,1-2H3,(H,15,17). The number of nitrogens with zero attached hydrogens (tertiary/aromatic N) is 1. The van der Waals surface area contributed by atoms with E-state index in [1.807, 2.05) is 0 Å². The summed E-state index contributed by atoms with van der Waals surface area (Å²) < 4.78 is 1.18. The van der Waals surface area contributed by atoms with Gasteiger partial charge in [0.2, 0.25) is 5.91 Å². The van der Waals surface area contributed by atoms with Crippen LogP contribution >= 0.6 is 15.9 Å². The summed E-state index contributed by atoms with van der Waals surface area (Å²) >= 11 is 3.61. The van der Waals surface area contributed by atoms with Crippen molar-refractivity contribution in [2.45, 2.75) is 19.4 Å². The normalized spacial score (nSPS) is 19.8. The van der Waals surface area contributed by atoms with Crippen LogP contribution in [0.1, 0.15) is 24.0 Å². The molecule has 1 aliphatic heterocycles. The van der Waals surface area contributed by atoms with Crippen LogP contribution in [0.15, 0.2) is 22.7 Å². The van der Waals surface area contributed by atoms with Crippen molar-refractivity contribution < 1.29 is 4.79 Å². The van der Waals surface area contributed by atoms with Crippen molar-refractivity contribution in [3.05, 3.63) is 33.8 Å². The molecule has 1 aromatic carbocycles. The summed E-state index contributed by atoms with van der Waals surface area (Å²) in [5.74, 6) is 0.537. The van der Waals surface area contributed by atoms with Gasteiger partial charge in [-0.1, -0.05) is 35.0 Å². The molecule has 0 radical (unpaired) electrons. The highest BCUT2D eigenvalue weighted by Gasteiger charge is 2.24. The number of nitrogens with one attached hydrogen (secondary N) is 1. The van der Waals surface area contributed by atoms with Gasteiger partial charge in [0.25, 0.3) is 0 Å². The second-order valence-corrected chi connectivity index (χ2v) is 5.41. The minimum atomic E-state index is 0.0793. The molecule has 0 bridgehead atoms. The number of hydrogen-bond donors (Lipinski definition) is 1. The zero-order valence-electron chi connectivity index (χ0n) is 10.2. The van der Waals surface area contributed by atoms with Crippen LogP contribution in [0.2, 0.25) is 0 Å². The summed E-state index contributed by atoms with van der Waals surface area (Å²) in [5.41, 5.74) is 2.71. The van der Waals surface area contributed by atoms with Gasteiger partial charge in [-0.3, -0.25) is 9.69 Å². The first kappa shape index (κ1) is 12.6. The van der Waals surface area contributed by atoms with Crippen molar-refractivity contribution in [1.29, 1.82) is 0 Å². The van der Waals surface area contributed by atoms with E-state index < -0.39 is 0 Å². The van der Waals surface area contributed by atoms with Crippen LogP contribution in [0.5, 0.6) is 0 Å². The SMILES string of the molecule is CNC(=O)CN1Cc2cccc(Br)c2C(C)C1. The van der Waals surface area contributed by atoms with Gasteiger partial charge in [0, 0.05) is 24.6 Å². The average Bonchev–Trinajstić information content (AvgIpc) is 2.28. The Morgan fingerprint density at radius 2 is 2.35 bits per heavy atom. The van der Waals surface area contributed by atoms with Gasteiger partial charge in [0.1, 0.15) is 0 Å². The molecule has 1 aliphatic rings. The average molecular weight is 297 g/mol. The zero-order chi connectivity index (χ0) is 12.4. The van der Waals surface area contributed by atoms with Gasteiger partial charge in [-0.25, -0.2) is 0 Å². The Bertz CT molecular complexity index is 433. The third-order valence-corrected chi connectivity index (χ3v) is 3.90. The molecular weight excluding hydrogens is 280 g/mol. The summed E-state index contributed by atoms with van der Waals surface area (Å²) in [6.07, 6.45) is 0. The molecule has 0 spiro atoms. The summed E-state index contributed by atoms with van der Waals surface area (Å²) in [5, 5.41) is 2.67. The monoisotopic (exact) mass is 296 g/mol. The van der Waals surface area contributed by atoms with Crippen LogP contribution in [0, 0.1) is 0 Å². The van der Waals surface area contributed by atoms with Crippen molar-refractivity contribution in [3.63, 3.8) is 0 Å². The first-order chi connectivity index (χ1) is 8.11. The molecule has 1 unspecified atom stereocenters. The first-order valence-corrected chi connectivity index (χ1v) is 6.61. The van der Waals surface area contributed by atoms with E-state index >= 15 is 0 Å². The number of amides is 1. The molecule has 1 N–H and O–H groups in total. The largest absolute Gasteiger partial charge is 0.358 e. The molecule has 3 nitrogen and oxygen atoms in total. The Morgan fingerprint density at radius 1 is 1.59 bits per heavy atom. The Kier molecular flexibility index (Phi) is 3.84. The Morgan fingerprint density at radius 3 is 3.06 bits per heavy atom. The van der Waals surface area contributed by atoms with Crippen LogP contribution < -0.4 is 5.32 Å². The van der Waals surface area contributed by atoms with Gasteiger partial charge in [-0.05, 0) is 23.1 Å². The Labute approximate surface area is 110 Å². The number of fused-ring (bicyclic) bond motifs is 1. The van der Waals surface area contributed by atoms with E-state index in [1.54, 1.807) is 7.05 Å². The summed E-state index contributed by atoms with van der Waals surface area (Å²) in [7, 11) is 1.68. The van der Waals surface area contributed by atoms with Crippen molar-refractivity contribution in [1.82, 2.24) is 10.2 Å². The molecule has 1 atom stereocenters. The molecule has 2 rings (SSSR count). The number of carbonyl (C=O) groups is 1. The molecule has 1 aromatic rings. The van der Waals surface area contributed by atoms with E-state index in [0.29, 0.717) is 12.5 Å². The van der Waals surface area contributed by atoms with Crippen molar-refractivity contribution in [3.8, 4) is 0 Å². The third kappa shape index (κ3) is 2.69. The van der Waals surface area contributed by atoms with E-state index in [4.69, 9.17) is 0 Å². The highest BCUT2D eigenvalue weighted by atomic mass is 79.9. The molecule has 0 saturated carbocycles. The second-order valence-electron chi connectivity index (χ2n) is 4.56. The van der Waals surface area contributed by atoms with Crippen molar-refractivity contribution in [2.75, 3.05) is 20.1 Å². The topological polar surface area (TPSA) is 32.3 Å². The van der Waals surface area contributed by atoms with E-state index in [9.17, 15) is 4.79 Å². The third-order valence-electron chi connectivity index (χ3n) is 3.21. The Balaban J connectivity index is 2.19. The van der Waals surface area contributed by atoms with Crippen LogP contribution in [0.25, 0.3) is 0 Å². The van der Waals surface area contributed by atoms with Gasteiger partial charge in [0.05, 0.1) is 6.54 Å². The highest BCUT2D eigenvalue weighted by molar-refractivity contribution is 9.10. The van der Waals surface area contributed by atoms with Gasteiger partial charge in [-0.15, -0.1) is 0 Å². The minimum Gasteiger partial charge on any atom is -0.358 e. The predicted molar refractivity (Wildman–Crippen MR) is 71.9 cm³/mol. The molecule has 0 fully saturated rings. The highest BCUT2D eigenvalue weighted by Crippen LogP contribution is 2.33. The molecule has 17 heavy (non-hydrogen) atoms. The second kappa shape index (κ2) is 5.19. The van der Waals surface area contributed by atoms with Crippen LogP contribution in [-0.4, -0.2) is 30.9 Å². The fraction of sp³-hybridized carbons (Fsp3) is 0.462. The van der Waals surface area contributed by atoms with Gasteiger partial charge in [0.15, 0.2) is 0 Å².